The monoisotopic (exact) mass is 316 g/mol. The van der Waals surface area contributed by atoms with Gasteiger partial charge in [0.2, 0.25) is 5.95 Å². The first-order valence-corrected chi connectivity index (χ1v) is 7.16. The summed E-state index contributed by atoms with van der Waals surface area (Å²) in [5, 5.41) is 0. The quantitative estimate of drug-likeness (QED) is 0.571. The number of rotatable bonds is 2. The van der Waals surface area contributed by atoms with E-state index in [1.807, 2.05) is 36.4 Å². The van der Waals surface area contributed by atoms with Crippen LogP contribution in [0.4, 0.5) is 11.8 Å². The molecule has 0 radical (unpaired) electrons. The minimum absolute atomic E-state index is 0.0480. The molecule has 4 heterocycles. The molecular weight excluding hydrogens is 304 g/mol. The fourth-order valence-electron chi connectivity index (χ4n) is 2.35. The normalized spacial score (nSPS) is 10.8. The molecule has 0 atom stereocenters. The van der Waals surface area contributed by atoms with Gasteiger partial charge in [0, 0.05) is 12.4 Å². The molecule has 24 heavy (non-hydrogen) atoms. The van der Waals surface area contributed by atoms with Gasteiger partial charge in [0.25, 0.3) is 0 Å². The Balaban J connectivity index is 2.08. The lowest BCUT2D eigenvalue weighted by Gasteiger charge is -2.09. The first kappa shape index (κ1) is 13.9. The van der Waals surface area contributed by atoms with Crippen LogP contribution in [0.15, 0.2) is 48.8 Å². The Hall–Kier alpha value is -3.68. The highest BCUT2D eigenvalue weighted by Crippen LogP contribution is 2.29. The molecule has 0 bridgehead atoms. The molecule has 116 valence electrons. The van der Waals surface area contributed by atoms with E-state index in [0.29, 0.717) is 33.9 Å². The molecule has 4 aromatic heterocycles. The van der Waals surface area contributed by atoms with Crippen LogP contribution in [0, 0.1) is 0 Å². The number of fused-ring (bicyclic) bond motifs is 1. The lowest BCUT2D eigenvalue weighted by atomic mass is 10.1. The van der Waals surface area contributed by atoms with Gasteiger partial charge in [-0.25, -0.2) is 9.97 Å². The number of pyridine rings is 2. The van der Waals surface area contributed by atoms with Crippen LogP contribution in [0.2, 0.25) is 0 Å². The largest absolute Gasteiger partial charge is 0.382 e. The van der Waals surface area contributed by atoms with E-state index in [9.17, 15) is 0 Å². The molecule has 0 aliphatic heterocycles. The van der Waals surface area contributed by atoms with Gasteiger partial charge in [-0.3, -0.25) is 9.97 Å². The molecule has 0 saturated heterocycles. The highest BCUT2D eigenvalue weighted by atomic mass is 15.1. The van der Waals surface area contributed by atoms with Crippen molar-refractivity contribution >= 4 is 22.9 Å². The van der Waals surface area contributed by atoms with Crippen molar-refractivity contribution in [3.05, 3.63) is 48.8 Å². The Morgan fingerprint density at radius 2 is 1.29 bits per heavy atom. The van der Waals surface area contributed by atoms with Gasteiger partial charge < -0.3 is 11.5 Å². The van der Waals surface area contributed by atoms with Crippen LogP contribution in [-0.2, 0) is 0 Å². The molecule has 4 N–H and O–H groups in total. The average Bonchev–Trinajstić information content (AvgIpc) is 2.62. The van der Waals surface area contributed by atoms with Crippen LogP contribution in [0.5, 0.6) is 0 Å². The third kappa shape index (κ3) is 2.35. The summed E-state index contributed by atoms with van der Waals surface area (Å²) in [6.07, 6.45) is 3.37. The topological polar surface area (TPSA) is 129 Å². The third-order valence-corrected chi connectivity index (χ3v) is 3.39. The maximum atomic E-state index is 5.92. The Bertz CT molecular complexity index is 1020. The van der Waals surface area contributed by atoms with Gasteiger partial charge in [0.15, 0.2) is 17.0 Å². The highest BCUT2D eigenvalue weighted by molar-refractivity contribution is 5.88. The van der Waals surface area contributed by atoms with Gasteiger partial charge in [-0.1, -0.05) is 12.1 Å². The zero-order valence-corrected chi connectivity index (χ0v) is 12.5. The minimum Gasteiger partial charge on any atom is -0.382 e. The molecule has 0 saturated carbocycles. The zero-order valence-electron chi connectivity index (χ0n) is 12.5. The van der Waals surface area contributed by atoms with E-state index in [0.717, 1.165) is 0 Å². The van der Waals surface area contributed by atoms with Crippen molar-refractivity contribution in [1.82, 2.24) is 29.9 Å². The summed E-state index contributed by atoms with van der Waals surface area (Å²) in [7, 11) is 0. The average molecular weight is 316 g/mol. The second kappa shape index (κ2) is 5.51. The minimum atomic E-state index is 0.0480. The van der Waals surface area contributed by atoms with Crippen molar-refractivity contribution in [2.45, 2.75) is 0 Å². The predicted molar refractivity (Wildman–Crippen MR) is 90.4 cm³/mol. The van der Waals surface area contributed by atoms with Crippen molar-refractivity contribution in [3.8, 4) is 22.8 Å². The Kier molecular flexibility index (Phi) is 3.20. The summed E-state index contributed by atoms with van der Waals surface area (Å²) in [4.78, 5) is 25.9. The molecular formula is C16H12N8. The first-order chi connectivity index (χ1) is 11.7. The summed E-state index contributed by atoms with van der Waals surface area (Å²) < 4.78 is 0. The van der Waals surface area contributed by atoms with Crippen molar-refractivity contribution in [2.75, 3.05) is 11.5 Å². The van der Waals surface area contributed by atoms with E-state index < -0.39 is 0 Å². The summed E-state index contributed by atoms with van der Waals surface area (Å²) in [5.41, 5.74) is 14.7. The van der Waals surface area contributed by atoms with Gasteiger partial charge in [0.05, 0.1) is 11.4 Å². The van der Waals surface area contributed by atoms with Crippen molar-refractivity contribution in [1.29, 1.82) is 0 Å². The maximum absolute atomic E-state index is 5.92. The Labute approximate surface area is 136 Å². The van der Waals surface area contributed by atoms with Gasteiger partial charge in [0.1, 0.15) is 11.4 Å². The molecule has 8 heteroatoms. The molecule has 0 aromatic carbocycles. The number of nitrogens with two attached hydrogens (primary N) is 2. The molecule has 0 aliphatic rings. The number of anilines is 2. The molecule has 0 aliphatic carbocycles. The van der Waals surface area contributed by atoms with Gasteiger partial charge in [-0.05, 0) is 24.3 Å². The van der Waals surface area contributed by atoms with Crippen molar-refractivity contribution < 1.29 is 0 Å². The van der Waals surface area contributed by atoms with Crippen molar-refractivity contribution in [2.24, 2.45) is 0 Å². The number of aromatic nitrogens is 6. The van der Waals surface area contributed by atoms with Crippen LogP contribution >= 0.6 is 0 Å². The Morgan fingerprint density at radius 1 is 0.667 bits per heavy atom. The fraction of sp³-hybridized carbons (Fsp3) is 0. The fourth-order valence-corrected chi connectivity index (χ4v) is 2.35. The molecule has 0 unspecified atom stereocenters. The zero-order chi connectivity index (χ0) is 16.5. The maximum Gasteiger partial charge on any atom is 0.224 e. The summed E-state index contributed by atoms with van der Waals surface area (Å²) >= 11 is 0. The van der Waals surface area contributed by atoms with Crippen LogP contribution in [-0.4, -0.2) is 29.9 Å². The first-order valence-electron chi connectivity index (χ1n) is 7.16. The third-order valence-electron chi connectivity index (χ3n) is 3.39. The van der Waals surface area contributed by atoms with Crippen LogP contribution in [0.3, 0.4) is 0 Å². The molecule has 0 amide bonds. The summed E-state index contributed by atoms with van der Waals surface area (Å²) in [5.74, 6) is 0.224. The lowest BCUT2D eigenvalue weighted by Crippen LogP contribution is -2.05. The smallest absolute Gasteiger partial charge is 0.224 e. The second-order valence-electron chi connectivity index (χ2n) is 4.99. The van der Waals surface area contributed by atoms with Crippen molar-refractivity contribution in [3.63, 3.8) is 0 Å². The SMILES string of the molecule is Nc1nc(N)c2nc(-c3ccccn3)c(-c3ccccn3)nc2n1. The van der Waals surface area contributed by atoms with E-state index in [1.165, 1.54) is 0 Å². The van der Waals surface area contributed by atoms with Gasteiger partial charge in [-0.15, -0.1) is 0 Å². The van der Waals surface area contributed by atoms with Gasteiger partial charge in [-0.2, -0.15) is 9.97 Å². The predicted octanol–water partition coefficient (Wildman–Crippen LogP) is 1.71. The van der Waals surface area contributed by atoms with E-state index >= 15 is 0 Å². The molecule has 0 spiro atoms. The molecule has 0 fully saturated rings. The number of hydrogen-bond donors (Lipinski definition) is 2. The number of nitrogens with zero attached hydrogens (tertiary/aromatic N) is 6. The summed E-state index contributed by atoms with van der Waals surface area (Å²) in [6, 6.07) is 11.1. The van der Waals surface area contributed by atoms with E-state index in [1.54, 1.807) is 12.4 Å². The lowest BCUT2D eigenvalue weighted by molar-refractivity contribution is 1.15. The van der Waals surface area contributed by atoms with Crippen LogP contribution in [0.25, 0.3) is 33.9 Å². The molecule has 4 aromatic rings. The van der Waals surface area contributed by atoms with E-state index in [2.05, 4.69) is 29.9 Å². The molecule has 4 rings (SSSR count). The Morgan fingerprint density at radius 3 is 1.88 bits per heavy atom. The summed E-state index contributed by atoms with van der Waals surface area (Å²) in [6.45, 7) is 0. The van der Waals surface area contributed by atoms with E-state index in [-0.39, 0.29) is 11.8 Å². The van der Waals surface area contributed by atoms with Gasteiger partial charge >= 0.3 is 0 Å². The standard InChI is InChI=1S/C16H12N8/c17-14-13-15(24-16(18)23-14)22-12(10-6-2-4-8-20-10)11(21-13)9-5-1-3-7-19-9/h1-8H,(H4,17,18,22,23,24). The van der Waals surface area contributed by atoms with E-state index in [4.69, 9.17) is 11.5 Å². The molecule has 8 nitrogen and oxygen atoms in total. The second-order valence-corrected chi connectivity index (χ2v) is 4.99. The number of nitrogen functional groups attached to an aromatic ring is 2. The van der Waals surface area contributed by atoms with Crippen LogP contribution < -0.4 is 11.5 Å². The van der Waals surface area contributed by atoms with Crippen LogP contribution in [0.1, 0.15) is 0 Å². The number of hydrogen-bond acceptors (Lipinski definition) is 8. The highest BCUT2D eigenvalue weighted by Gasteiger charge is 2.17.